The van der Waals surface area contributed by atoms with Crippen LogP contribution in [0.5, 0.6) is 0 Å². The number of nitrogens with two attached hydrogens (primary N) is 1. The van der Waals surface area contributed by atoms with Gasteiger partial charge in [-0.25, -0.2) is 4.79 Å². The van der Waals surface area contributed by atoms with Gasteiger partial charge in [-0.05, 0) is 31.3 Å². The van der Waals surface area contributed by atoms with Gasteiger partial charge in [0.1, 0.15) is 6.10 Å². The van der Waals surface area contributed by atoms with E-state index in [1.165, 1.54) is 0 Å². The van der Waals surface area contributed by atoms with Crippen LogP contribution in [-0.4, -0.2) is 30.4 Å². The SMILES string of the molecule is Cc1ccc(N2CC(CNC(N)=S)OC2=O)cc1. The number of anilines is 1. The maximum absolute atomic E-state index is 11.7. The number of rotatable bonds is 3. The van der Waals surface area contributed by atoms with E-state index in [9.17, 15) is 4.79 Å². The summed E-state index contributed by atoms with van der Waals surface area (Å²) in [5, 5.41) is 3.00. The number of carbonyl (C=O) groups is 1. The van der Waals surface area contributed by atoms with Gasteiger partial charge in [0.05, 0.1) is 13.1 Å². The van der Waals surface area contributed by atoms with Gasteiger partial charge in [0.2, 0.25) is 0 Å². The summed E-state index contributed by atoms with van der Waals surface area (Å²) in [6, 6.07) is 7.73. The van der Waals surface area contributed by atoms with E-state index in [0.717, 1.165) is 11.3 Å². The number of thiocarbonyl (C=S) groups is 1. The lowest BCUT2D eigenvalue weighted by Gasteiger charge is -2.13. The Morgan fingerprint density at radius 1 is 1.56 bits per heavy atom. The number of nitrogens with zero attached hydrogens (tertiary/aromatic N) is 1. The van der Waals surface area contributed by atoms with Crippen molar-refractivity contribution in [2.45, 2.75) is 13.0 Å². The second-order valence-electron chi connectivity index (χ2n) is 4.20. The van der Waals surface area contributed by atoms with E-state index in [1.807, 2.05) is 31.2 Å². The van der Waals surface area contributed by atoms with E-state index >= 15 is 0 Å². The molecule has 0 radical (unpaired) electrons. The Kier molecular flexibility index (Phi) is 3.66. The van der Waals surface area contributed by atoms with Gasteiger partial charge in [0.25, 0.3) is 0 Å². The van der Waals surface area contributed by atoms with Crippen molar-refractivity contribution in [3.8, 4) is 0 Å². The molecule has 1 saturated heterocycles. The monoisotopic (exact) mass is 265 g/mol. The van der Waals surface area contributed by atoms with E-state index in [2.05, 4.69) is 5.32 Å². The minimum Gasteiger partial charge on any atom is -0.442 e. The fourth-order valence-electron chi connectivity index (χ4n) is 1.78. The van der Waals surface area contributed by atoms with Crippen molar-refractivity contribution in [2.75, 3.05) is 18.0 Å². The summed E-state index contributed by atoms with van der Waals surface area (Å²) in [5.74, 6) is 0. The molecule has 6 heteroatoms. The van der Waals surface area contributed by atoms with Gasteiger partial charge in [-0.3, -0.25) is 4.90 Å². The average Bonchev–Trinajstić information content (AvgIpc) is 2.69. The zero-order valence-electron chi connectivity index (χ0n) is 10.1. The minimum absolute atomic E-state index is 0.208. The Balaban J connectivity index is 2.00. The molecule has 1 fully saturated rings. The fourth-order valence-corrected chi connectivity index (χ4v) is 1.86. The molecule has 0 spiro atoms. The van der Waals surface area contributed by atoms with Crippen LogP contribution in [0.1, 0.15) is 5.56 Å². The number of benzene rings is 1. The molecule has 1 aromatic carbocycles. The van der Waals surface area contributed by atoms with Crippen molar-refractivity contribution in [1.29, 1.82) is 0 Å². The highest BCUT2D eigenvalue weighted by Gasteiger charge is 2.32. The van der Waals surface area contributed by atoms with Gasteiger partial charge < -0.3 is 15.8 Å². The molecule has 1 aromatic rings. The first kappa shape index (κ1) is 12.6. The number of aryl methyl sites for hydroxylation is 1. The summed E-state index contributed by atoms with van der Waals surface area (Å²) in [5.41, 5.74) is 7.32. The molecule has 1 amide bonds. The van der Waals surface area contributed by atoms with Crippen molar-refractivity contribution >= 4 is 29.1 Å². The molecule has 1 aliphatic rings. The lowest BCUT2D eigenvalue weighted by Crippen LogP contribution is -2.37. The molecule has 1 atom stereocenters. The van der Waals surface area contributed by atoms with Crippen LogP contribution in [-0.2, 0) is 4.74 Å². The van der Waals surface area contributed by atoms with Crippen LogP contribution in [0.15, 0.2) is 24.3 Å². The maximum atomic E-state index is 11.7. The Hall–Kier alpha value is -1.82. The molecule has 3 N–H and O–H groups in total. The number of cyclic esters (lactones) is 1. The molecule has 96 valence electrons. The number of hydrogen-bond acceptors (Lipinski definition) is 3. The van der Waals surface area contributed by atoms with Crippen LogP contribution < -0.4 is 16.0 Å². The molecule has 5 nitrogen and oxygen atoms in total. The molecule has 0 saturated carbocycles. The van der Waals surface area contributed by atoms with Gasteiger partial charge >= 0.3 is 6.09 Å². The Bertz CT molecular complexity index is 461. The minimum atomic E-state index is -0.339. The molecule has 0 aliphatic carbocycles. The highest BCUT2D eigenvalue weighted by atomic mass is 32.1. The summed E-state index contributed by atoms with van der Waals surface area (Å²) < 4.78 is 5.22. The number of hydrogen-bond donors (Lipinski definition) is 2. The maximum Gasteiger partial charge on any atom is 0.414 e. The number of carbonyl (C=O) groups excluding carboxylic acids is 1. The van der Waals surface area contributed by atoms with Crippen LogP contribution in [0.4, 0.5) is 10.5 Å². The molecule has 0 bridgehead atoms. The largest absolute Gasteiger partial charge is 0.442 e. The summed E-state index contributed by atoms with van der Waals surface area (Å²) in [4.78, 5) is 13.3. The zero-order valence-corrected chi connectivity index (χ0v) is 10.9. The average molecular weight is 265 g/mol. The third-order valence-corrected chi connectivity index (χ3v) is 2.87. The number of ether oxygens (including phenoxy) is 1. The van der Waals surface area contributed by atoms with Gasteiger partial charge in [-0.2, -0.15) is 0 Å². The fraction of sp³-hybridized carbons (Fsp3) is 0.333. The molecule has 1 heterocycles. The van der Waals surface area contributed by atoms with Crippen molar-refractivity contribution in [1.82, 2.24) is 5.32 Å². The highest BCUT2D eigenvalue weighted by molar-refractivity contribution is 7.80. The van der Waals surface area contributed by atoms with Crippen LogP contribution in [0.2, 0.25) is 0 Å². The van der Waals surface area contributed by atoms with E-state index in [0.29, 0.717) is 13.1 Å². The van der Waals surface area contributed by atoms with Crippen molar-refractivity contribution in [2.24, 2.45) is 5.73 Å². The third-order valence-electron chi connectivity index (χ3n) is 2.72. The van der Waals surface area contributed by atoms with Gasteiger partial charge in [-0.1, -0.05) is 17.7 Å². The van der Waals surface area contributed by atoms with E-state index < -0.39 is 0 Å². The second-order valence-corrected chi connectivity index (χ2v) is 4.64. The van der Waals surface area contributed by atoms with E-state index in [-0.39, 0.29) is 17.3 Å². The standard InChI is InChI=1S/C12H15N3O2S/c1-8-2-4-9(5-3-8)15-7-10(17-12(15)16)6-14-11(13)18/h2-5,10H,6-7H2,1H3,(H3,13,14,18). The normalized spacial score (nSPS) is 18.6. The molecule has 0 aromatic heterocycles. The molecule has 1 unspecified atom stereocenters. The molecule has 18 heavy (non-hydrogen) atoms. The Morgan fingerprint density at radius 2 is 2.22 bits per heavy atom. The predicted molar refractivity (Wildman–Crippen MR) is 73.6 cm³/mol. The molecule has 1 aliphatic heterocycles. The number of nitrogens with one attached hydrogen (secondary N) is 1. The molecular weight excluding hydrogens is 250 g/mol. The first-order valence-corrected chi connectivity index (χ1v) is 6.05. The lowest BCUT2D eigenvalue weighted by atomic mass is 10.2. The summed E-state index contributed by atoms with van der Waals surface area (Å²) >= 11 is 4.71. The summed E-state index contributed by atoms with van der Waals surface area (Å²) in [6.07, 6.45) is -0.575. The molecular formula is C12H15N3O2S. The van der Waals surface area contributed by atoms with Crippen LogP contribution in [0.3, 0.4) is 0 Å². The lowest BCUT2D eigenvalue weighted by molar-refractivity contribution is 0.143. The van der Waals surface area contributed by atoms with Crippen LogP contribution in [0, 0.1) is 6.92 Å². The Morgan fingerprint density at radius 3 is 2.83 bits per heavy atom. The van der Waals surface area contributed by atoms with Gasteiger partial charge in [0.15, 0.2) is 5.11 Å². The predicted octanol–water partition coefficient (Wildman–Crippen LogP) is 1.15. The van der Waals surface area contributed by atoms with Crippen molar-refractivity contribution in [3.63, 3.8) is 0 Å². The van der Waals surface area contributed by atoms with Crippen LogP contribution >= 0.6 is 12.2 Å². The molecule has 2 rings (SSSR count). The van der Waals surface area contributed by atoms with Crippen molar-refractivity contribution < 1.29 is 9.53 Å². The topological polar surface area (TPSA) is 67.6 Å². The third kappa shape index (κ3) is 2.89. The van der Waals surface area contributed by atoms with Crippen LogP contribution in [0.25, 0.3) is 0 Å². The first-order chi connectivity index (χ1) is 8.56. The van der Waals surface area contributed by atoms with Gasteiger partial charge in [-0.15, -0.1) is 0 Å². The Labute approximate surface area is 111 Å². The number of amides is 1. The first-order valence-electron chi connectivity index (χ1n) is 5.64. The van der Waals surface area contributed by atoms with Gasteiger partial charge in [0, 0.05) is 5.69 Å². The summed E-state index contributed by atoms with van der Waals surface area (Å²) in [7, 11) is 0. The van der Waals surface area contributed by atoms with Crippen molar-refractivity contribution in [3.05, 3.63) is 29.8 Å². The van der Waals surface area contributed by atoms with E-state index in [1.54, 1.807) is 4.90 Å². The quantitative estimate of drug-likeness (QED) is 0.803. The smallest absolute Gasteiger partial charge is 0.414 e. The highest BCUT2D eigenvalue weighted by Crippen LogP contribution is 2.21. The van der Waals surface area contributed by atoms with E-state index in [4.69, 9.17) is 22.7 Å². The zero-order chi connectivity index (χ0) is 13.1. The second kappa shape index (κ2) is 5.22. The summed E-state index contributed by atoms with van der Waals surface area (Å²) in [6.45, 7) is 2.93.